The minimum atomic E-state index is -0.268. The molecule has 2 N–H and O–H groups in total. The Labute approximate surface area is 130 Å². The first-order valence-electron chi connectivity index (χ1n) is 7.30. The first-order valence-corrected chi connectivity index (χ1v) is 7.70. The highest BCUT2D eigenvalue weighted by molar-refractivity contribution is 7.80. The van der Waals surface area contributed by atoms with Gasteiger partial charge in [0, 0.05) is 12.2 Å². The van der Waals surface area contributed by atoms with E-state index in [2.05, 4.69) is 0 Å². The van der Waals surface area contributed by atoms with E-state index in [9.17, 15) is 4.79 Å². The molecule has 1 aromatic rings. The molecule has 0 saturated carbocycles. The van der Waals surface area contributed by atoms with E-state index < -0.39 is 0 Å². The van der Waals surface area contributed by atoms with E-state index >= 15 is 0 Å². The third kappa shape index (κ3) is 3.50. The lowest BCUT2D eigenvalue weighted by molar-refractivity contribution is -0.141. The van der Waals surface area contributed by atoms with Crippen LogP contribution in [0.4, 0.5) is 5.82 Å². The summed E-state index contributed by atoms with van der Waals surface area (Å²) in [5.41, 5.74) is 8.89. The van der Waals surface area contributed by atoms with Crippen LogP contribution in [0.2, 0.25) is 0 Å². The van der Waals surface area contributed by atoms with Crippen LogP contribution >= 0.6 is 12.2 Å². The summed E-state index contributed by atoms with van der Waals surface area (Å²) in [4.78, 5) is 18.6. The maximum absolute atomic E-state index is 11.7. The monoisotopic (exact) mass is 307 g/mol. The molecule has 0 unspecified atom stereocenters. The molecule has 0 fully saturated rings. The van der Waals surface area contributed by atoms with Crippen LogP contribution in [-0.2, 0) is 22.4 Å². The second-order valence-electron chi connectivity index (χ2n) is 5.00. The number of nitrogens with two attached hydrogens (primary N) is 1. The summed E-state index contributed by atoms with van der Waals surface area (Å²) >= 11 is 5.15. The lowest BCUT2D eigenvalue weighted by atomic mass is 10.1. The Balaban J connectivity index is 2.35. The fourth-order valence-electron chi connectivity index (χ4n) is 2.58. The van der Waals surface area contributed by atoms with Gasteiger partial charge in [-0.1, -0.05) is 12.2 Å². The molecule has 6 heteroatoms. The van der Waals surface area contributed by atoms with Crippen molar-refractivity contribution in [2.45, 2.75) is 33.1 Å². The zero-order valence-electron chi connectivity index (χ0n) is 12.5. The molecular formula is C15H21N3O2S. The van der Waals surface area contributed by atoms with Crippen molar-refractivity contribution in [3.8, 4) is 0 Å². The quantitative estimate of drug-likeness (QED) is 0.636. The van der Waals surface area contributed by atoms with E-state index in [4.69, 9.17) is 27.7 Å². The molecule has 0 bridgehead atoms. The van der Waals surface area contributed by atoms with Crippen molar-refractivity contribution < 1.29 is 9.53 Å². The van der Waals surface area contributed by atoms with Gasteiger partial charge in [0.2, 0.25) is 0 Å². The molecule has 1 heterocycles. The van der Waals surface area contributed by atoms with Crippen LogP contribution in [0.15, 0.2) is 6.07 Å². The van der Waals surface area contributed by atoms with Crippen molar-refractivity contribution in [2.75, 3.05) is 24.6 Å². The third-order valence-corrected chi connectivity index (χ3v) is 3.82. The average molecular weight is 307 g/mol. The Hall–Kier alpha value is -1.69. The molecule has 2 rings (SSSR count). The van der Waals surface area contributed by atoms with Gasteiger partial charge in [-0.2, -0.15) is 0 Å². The largest absolute Gasteiger partial charge is 0.465 e. The molecule has 1 aliphatic rings. The van der Waals surface area contributed by atoms with E-state index in [0.717, 1.165) is 30.5 Å². The smallest absolute Gasteiger partial charge is 0.325 e. The number of carbonyl (C=O) groups excluding carboxylic acids is 1. The number of thiocarbonyl (C=S) groups is 1. The van der Waals surface area contributed by atoms with Crippen molar-refractivity contribution >= 4 is 29.0 Å². The topological polar surface area (TPSA) is 68.5 Å². The van der Waals surface area contributed by atoms with Crippen molar-refractivity contribution in [1.82, 2.24) is 4.98 Å². The molecule has 1 aromatic heterocycles. The van der Waals surface area contributed by atoms with Gasteiger partial charge in [-0.05, 0) is 44.7 Å². The van der Waals surface area contributed by atoms with Gasteiger partial charge >= 0.3 is 5.97 Å². The summed E-state index contributed by atoms with van der Waals surface area (Å²) in [5.74, 6) is 0.425. The number of rotatable bonds is 6. The number of nitrogens with zero attached hydrogens (tertiary/aromatic N) is 2. The zero-order valence-corrected chi connectivity index (χ0v) is 13.3. The number of aromatic nitrogens is 1. The number of hydrogen-bond acceptors (Lipinski definition) is 5. The fourth-order valence-corrected chi connectivity index (χ4v) is 2.73. The van der Waals surface area contributed by atoms with E-state index in [1.54, 1.807) is 6.92 Å². The lowest BCUT2D eigenvalue weighted by Crippen LogP contribution is -2.33. The predicted octanol–water partition coefficient (Wildman–Crippen LogP) is 1.59. The van der Waals surface area contributed by atoms with Gasteiger partial charge in [-0.25, -0.2) is 4.98 Å². The Morgan fingerprint density at radius 1 is 1.48 bits per heavy atom. The summed E-state index contributed by atoms with van der Waals surface area (Å²) in [6.45, 7) is 4.93. The Morgan fingerprint density at radius 2 is 2.24 bits per heavy atom. The summed E-state index contributed by atoms with van der Waals surface area (Å²) in [5, 5.41) is 0. The first kappa shape index (κ1) is 15.7. The molecule has 0 spiro atoms. The molecule has 0 radical (unpaired) electrons. The molecule has 0 saturated heterocycles. The number of aryl methyl sites for hydroxylation is 2. The molecule has 0 aliphatic heterocycles. The van der Waals surface area contributed by atoms with Gasteiger partial charge in [0.15, 0.2) is 0 Å². The third-order valence-electron chi connectivity index (χ3n) is 3.60. The minimum absolute atomic E-state index is 0.158. The molecule has 0 aromatic carbocycles. The summed E-state index contributed by atoms with van der Waals surface area (Å²) in [7, 11) is 0. The van der Waals surface area contributed by atoms with Crippen molar-refractivity contribution in [3.05, 3.63) is 22.9 Å². The van der Waals surface area contributed by atoms with Gasteiger partial charge in [-0.3, -0.25) is 4.79 Å². The molecule has 21 heavy (non-hydrogen) atoms. The zero-order chi connectivity index (χ0) is 15.4. The number of carbonyl (C=O) groups is 1. The van der Waals surface area contributed by atoms with Crippen LogP contribution in [0.5, 0.6) is 0 Å². The van der Waals surface area contributed by atoms with E-state index in [-0.39, 0.29) is 12.5 Å². The van der Waals surface area contributed by atoms with Gasteiger partial charge in [0.25, 0.3) is 0 Å². The molecule has 5 nitrogen and oxygen atoms in total. The standard InChI is InChI=1S/C15H21N3O2S/c1-3-18(9-13(19)20-4-2)15-11(14(16)21)8-10-6-5-7-12(10)17-15/h8H,3-7,9H2,1-2H3,(H2,16,21). The molecule has 0 amide bonds. The Bertz CT molecular complexity index is 560. The molecular weight excluding hydrogens is 286 g/mol. The van der Waals surface area contributed by atoms with Crippen molar-refractivity contribution in [1.29, 1.82) is 0 Å². The van der Waals surface area contributed by atoms with Crippen LogP contribution in [0, 0.1) is 0 Å². The summed E-state index contributed by atoms with van der Waals surface area (Å²) in [6.07, 6.45) is 3.09. The number of esters is 1. The van der Waals surface area contributed by atoms with Crippen LogP contribution in [0.1, 0.15) is 37.1 Å². The second kappa shape index (κ2) is 6.85. The Kier molecular flexibility index (Phi) is 5.12. The highest BCUT2D eigenvalue weighted by Gasteiger charge is 2.22. The highest BCUT2D eigenvalue weighted by atomic mass is 32.1. The van der Waals surface area contributed by atoms with Gasteiger partial charge in [0.1, 0.15) is 17.4 Å². The van der Waals surface area contributed by atoms with Gasteiger partial charge < -0.3 is 15.4 Å². The maximum Gasteiger partial charge on any atom is 0.325 e. The van der Waals surface area contributed by atoms with Gasteiger partial charge in [-0.15, -0.1) is 0 Å². The fraction of sp³-hybridized carbons (Fsp3) is 0.533. The lowest BCUT2D eigenvalue weighted by Gasteiger charge is -2.24. The molecule has 0 atom stereocenters. The van der Waals surface area contributed by atoms with Crippen molar-refractivity contribution in [2.24, 2.45) is 5.73 Å². The van der Waals surface area contributed by atoms with Gasteiger partial charge in [0.05, 0.1) is 12.2 Å². The van der Waals surface area contributed by atoms with Crippen LogP contribution in [0.3, 0.4) is 0 Å². The van der Waals surface area contributed by atoms with Crippen LogP contribution in [0.25, 0.3) is 0 Å². The summed E-state index contributed by atoms with van der Waals surface area (Å²) in [6, 6.07) is 2.03. The SMILES string of the molecule is CCOC(=O)CN(CC)c1nc2c(cc1C(N)=S)CCC2. The molecule has 114 valence electrons. The van der Waals surface area contributed by atoms with Crippen molar-refractivity contribution in [3.63, 3.8) is 0 Å². The second-order valence-corrected chi connectivity index (χ2v) is 5.44. The summed E-state index contributed by atoms with van der Waals surface area (Å²) < 4.78 is 5.02. The van der Waals surface area contributed by atoms with E-state index in [1.165, 1.54) is 5.56 Å². The number of anilines is 1. The average Bonchev–Trinajstić information content (AvgIpc) is 2.90. The number of hydrogen-bond donors (Lipinski definition) is 1. The molecule has 1 aliphatic carbocycles. The normalized spacial score (nSPS) is 12.9. The van der Waals surface area contributed by atoms with E-state index in [0.29, 0.717) is 24.0 Å². The number of pyridine rings is 1. The van der Waals surface area contributed by atoms with Crippen LogP contribution in [-0.4, -0.2) is 35.6 Å². The predicted molar refractivity (Wildman–Crippen MR) is 86.7 cm³/mol. The number of fused-ring (bicyclic) bond motifs is 1. The first-order chi connectivity index (χ1) is 10.1. The number of ether oxygens (including phenoxy) is 1. The highest BCUT2D eigenvalue weighted by Crippen LogP contribution is 2.27. The number of likely N-dealkylation sites (N-methyl/N-ethyl adjacent to an activating group) is 1. The van der Waals surface area contributed by atoms with E-state index in [1.807, 2.05) is 17.9 Å². The minimum Gasteiger partial charge on any atom is -0.465 e. The van der Waals surface area contributed by atoms with Crippen LogP contribution < -0.4 is 10.6 Å². The Morgan fingerprint density at radius 3 is 2.86 bits per heavy atom. The maximum atomic E-state index is 11.7.